The summed E-state index contributed by atoms with van der Waals surface area (Å²) in [6.45, 7) is 7.25. The maximum absolute atomic E-state index is 13.4. The van der Waals surface area contributed by atoms with Crippen LogP contribution in [-0.2, 0) is 24.4 Å². The third-order valence-electron chi connectivity index (χ3n) is 6.03. The summed E-state index contributed by atoms with van der Waals surface area (Å²) < 4.78 is 24.6. The Hall–Kier alpha value is -3.03. The molecule has 0 saturated carbocycles. The van der Waals surface area contributed by atoms with Crippen LogP contribution in [0.4, 0.5) is 4.39 Å². The second-order valence-electron chi connectivity index (χ2n) is 9.14. The first-order valence-electron chi connectivity index (χ1n) is 11.9. The van der Waals surface area contributed by atoms with Crippen LogP contribution in [0, 0.1) is 5.82 Å². The zero-order valence-corrected chi connectivity index (χ0v) is 19.8. The number of ether oxygens (including phenoxy) is 1. The van der Waals surface area contributed by atoms with Crippen molar-refractivity contribution in [2.24, 2.45) is 0 Å². The average Bonchev–Trinajstić information content (AvgIpc) is 3.52. The van der Waals surface area contributed by atoms with Crippen LogP contribution in [0.3, 0.4) is 0 Å². The molecule has 1 saturated heterocycles. The maximum Gasteiger partial charge on any atom is 0.273 e. The summed E-state index contributed by atoms with van der Waals surface area (Å²) >= 11 is 0. The monoisotopic (exact) mass is 465 g/mol. The molecular formula is C27H32FN3O3. The Morgan fingerprint density at radius 1 is 1.09 bits per heavy atom. The molecule has 1 aliphatic heterocycles. The van der Waals surface area contributed by atoms with Crippen LogP contribution in [0.1, 0.15) is 65.7 Å². The molecule has 34 heavy (non-hydrogen) atoms. The van der Waals surface area contributed by atoms with Crippen molar-refractivity contribution >= 4 is 5.91 Å². The Morgan fingerprint density at radius 2 is 1.76 bits per heavy atom. The van der Waals surface area contributed by atoms with Gasteiger partial charge in [0.2, 0.25) is 5.89 Å². The number of amides is 1. The number of hydrogen-bond acceptors (Lipinski definition) is 5. The van der Waals surface area contributed by atoms with Crippen molar-refractivity contribution in [3.05, 3.63) is 88.9 Å². The van der Waals surface area contributed by atoms with E-state index in [2.05, 4.69) is 53.3 Å². The predicted molar refractivity (Wildman–Crippen MR) is 128 cm³/mol. The van der Waals surface area contributed by atoms with Crippen molar-refractivity contribution in [2.45, 2.75) is 58.3 Å². The quantitative estimate of drug-likeness (QED) is 0.454. The van der Waals surface area contributed by atoms with Crippen LogP contribution >= 0.6 is 0 Å². The number of aromatic nitrogens is 1. The molecule has 4 rings (SSSR count). The SMILES string of the molecule is CC(C)c1ccc(CN(Cc2ccc(F)cc2)Cc2nc(C(=O)NC[C@@H]3CCCO3)co2)cc1. The molecule has 2 aromatic carbocycles. The van der Waals surface area contributed by atoms with Gasteiger partial charge in [0, 0.05) is 26.2 Å². The van der Waals surface area contributed by atoms with Crippen LogP contribution in [0.25, 0.3) is 0 Å². The Kier molecular flexibility index (Phi) is 8.08. The van der Waals surface area contributed by atoms with Crippen LogP contribution in [0.5, 0.6) is 0 Å². The largest absolute Gasteiger partial charge is 0.447 e. The summed E-state index contributed by atoms with van der Waals surface area (Å²) in [7, 11) is 0. The number of carbonyl (C=O) groups is 1. The van der Waals surface area contributed by atoms with Gasteiger partial charge in [-0.3, -0.25) is 9.69 Å². The van der Waals surface area contributed by atoms with Gasteiger partial charge in [-0.05, 0) is 47.6 Å². The van der Waals surface area contributed by atoms with Gasteiger partial charge in [0.15, 0.2) is 5.69 Å². The van der Waals surface area contributed by atoms with E-state index >= 15 is 0 Å². The normalized spacial score (nSPS) is 15.9. The highest BCUT2D eigenvalue weighted by atomic mass is 19.1. The van der Waals surface area contributed by atoms with Crippen LogP contribution in [0.15, 0.2) is 59.2 Å². The highest BCUT2D eigenvalue weighted by Gasteiger charge is 2.19. The third kappa shape index (κ3) is 6.74. The molecule has 3 aromatic rings. The summed E-state index contributed by atoms with van der Waals surface area (Å²) in [6.07, 6.45) is 3.45. The lowest BCUT2D eigenvalue weighted by Crippen LogP contribution is -2.32. The van der Waals surface area contributed by atoms with E-state index in [4.69, 9.17) is 9.15 Å². The molecule has 7 heteroatoms. The first kappa shape index (κ1) is 24.1. The topological polar surface area (TPSA) is 67.6 Å². The Bertz CT molecular complexity index is 1060. The molecule has 1 N–H and O–H groups in total. The molecule has 1 aliphatic rings. The number of rotatable bonds is 10. The Balaban J connectivity index is 1.42. The molecule has 180 valence electrons. The summed E-state index contributed by atoms with van der Waals surface area (Å²) in [5.74, 6) is 0.412. The number of hydrogen-bond donors (Lipinski definition) is 1. The zero-order valence-electron chi connectivity index (χ0n) is 19.8. The smallest absolute Gasteiger partial charge is 0.273 e. The van der Waals surface area contributed by atoms with Gasteiger partial charge in [-0.2, -0.15) is 0 Å². The predicted octanol–water partition coefficient (Wildman–Crippen LogP) is 5.05. The van der Waals surface area contributed by atoms with Crippen LogP contribution < -0.4 is 5.32 Å². The van der Waals surface area contributed by atoms with E-state index in [1.54, 1.807) is 12.1 Å². The van der Waals surface area contributed by atoms with Gasteiger partial charge in [-0.1, -0.05) is 50.2 Å². The number of carbonyl (C=O) groups excluding carboxylic acids is 1. The Labute approximate surface area is 200 Å². The van der Waals surface area contributed by atoms with Gasteiger partial charge < -0.3 is 14.5 Å². The molecule has 0 unspecified atom stereocenters. The van der Waals surface area contributed by atoms with Gasteiger partial charge in [-0.15, -0.1) is 0 Å². The van der Waals surface area contributed by atoms with E-state index in [1.165, 1.54) is 24.0 Å². The lowest BCUT2D eigenvalue weighted by Gasteiger charge is -2.21. The molecule has 0 radical (unpaired) electrons. The fourth-order valence-electron chi connectivity index (χ4n) is 4.06. The lowest BCUT2D eigenvalue weighted by molar-refractivity contribution is 0.0853. The number of halogens is 1. The van der Waals surface area contributed by atoms with Crippen LogP contribution in [-0.4, -0.2) is 35.0 Å². The third-order valence-corrected chi connectivity index (χ3v) is 6.03. The summed E-state index contributed by atoms with van der Waals surface area (Å²) in [4.78, 5) is 19.0. The van der Waals surface area contributed by atoms with Gasteiger partial charge in [0.05, 0.1) is 12.6 Å². The first-order chi connectivity index (χ1) is 16.5. The molecule has 1 fully saturated rings. The van der Waals surface area contributed by atoms with E-state index in [1.807, 2.05) is 0 Å². The van der Waals surface area contributed by atoms with Gasteiger partial charge in [0.1, 0.15) is 12.1 Å². The van der Waals surface area contributed by atoms with Crippen molar-refractivity contribution < 1.29 is 18.3 Å². The molecule has 0 spiro atoms. The standard InChI is InChI=1S/C27H32FN3O3/c1-19(2)22-9-5-20(6-10-22)15-31(16-21-7-11-23(28)12-8-21)17-26-30-25(18-34-26)27(32)29-14-24-4-3-13-33-24/h5-12,18-19,24H,3-4,13-17H2,1-2H3,(H,29,32)/t24-/m0/s1. The van der Waals surface area contributed by atoms with E-state index in [9.17, 15) is 9.18 Å². The molecular weight excluding hydrogens is 433 g/mol. The van der Waals surface area contributed by atoms with Crippen molar-refractivity contribution in [3.63, 3.8) is 0 Å². The van der Waals surface area contributed by atoms with Gasteiger partial charge in [0.25, 0.3) is 5.91 Å². The minimum atomic E-state index is -0.264. The fourth-order valence-corrected chi connectivity index (χ4v) is 4.06. The first-order valence-corrected chi connectivity index (χ1v) is 11.9. The minimum absolute atomic E-state index is 0.0728. The summed E-state index contributed by atoms with van der Waals surface area (Å²) in [5, 5.41) is 2.87. The molecule has 0 bridgehead atoms. The molecule has 1 atom stereocenters. The number of nitrogens with one attached hydrogen (secondary N) is 1. The lowest BCUT2D eigenvalue weighted by atomic mass is 10.0. The molecule has 1 amide bonds. The molecule has 6 nitrogen and oxygen atoms in total. The highest BCUT2D eigenvalue weighted by molar-refractivity contribution is 5.91. The van der Waals surface area contributed by atoms with Crippen molar-refractivity contribution in [1.29, 1.82) is 0 Å². The van der Waals surface area contributed by atoms with E-state index in [0.717, 1.165) is 30.6 Å². The number of nitrogens with zero attached hydrogens (tertiary/aromatic N) is 2. The maximum atomic E-state index is 13.4. The van der Waals surface area contributed by atoms with E-state index in [-0.39, 0.29) is 23.5 Å². The highest BCUT2D eigenvalue weighted by Crippen LogP contribution is 2.18. The molecule has 0 aliphatic carbocycles. The fraction of sp³-hybridized carbons (Fsp3) is 0.407. The van der Waals surface area contributed by atoms with Crippen LogP contribution in [0.2, 0.25) is 0 Å². The average molecular weight is 466 g/mol. The minimum Gasteiger partial charge on any atom is -0.447 e. The molecule has 2 heterocycles. The summed E-state index contributed by atoms with van der Waals surface area (Å²) in [5.41, 5.74) is 3.70. The van der Waals surface area contributed by atoms with E-state index in [0.29, 0.717) is 38.0 Å². The van der Waals surface area contributed by atoms with Crippen molar-refractivity contribution in [1.82, 2.24) is 15.2 Å². The van der Waals surface area contributed by atoms with Crippen molar-refractivity contribution in [3.8, 4) is 0 Å². The molecule has 1 aromatic heterocycles. The summed E-state index contributed by atoms with van der Waals surface area (Å²) in [6, 6.07) is 15.1. The van der Waals surface area contributed by atoms with Gasteiger partial charge >= 0.3 is 0 Å². The van der Waals surface area contributed by atoms with E-state index < -0.39 is 0 Å². The van der Waals surface area contributed by atoms with Gasteiger partial charge in [-0.25, -0.2) is 9.37 Å². The second-order valence-corrected chi connectivity index (χ2v) is 9.14. The number of benzene rings is 2. The van der Waals surface area contributed by atoms with Crippen molar-refractivity contribution in [2.75, 3.05) is 13.2 Å². The second kappa shape index (κ2) is 11.4. The Morgan fingerprint density at radius 3 is 2.38 bits per heavy atom. The number of oxazole rings is 1. The zero-order chi connectivity index (χ0) is 23.9.